The summed E-state index contributed by atoms with van der Waals surface area (Å²) in [7, 11) is 1.66. The van der Waals surface area contributed by atoms with Gasteiger partial charge >= 0.3 is 6.61 Å². The highest BCUT2D eigenvalue weighted by atomic mass is 127. The molecule has 1 aromatic heterocycles. The number of para-hydroxylation sites is 1. The molecule has 0 radical (unpaired) electrons. The van der Waals surface area contributed by atoms with E-state index in [1.165, 1.54) is 4.88 Å². The predicted octanol–water partition coefficient (Wildman–Crippen LogP) is 4.27. The SMILES string of the molecule is CCOc1cccc(CNC(=NC)NCCc2cccs2)c1OC(F)F.I. The van der Waals surface area contributed by atoms with Crippen LogP contribution in [0.15, 0.2) is 40.7 Å². The number of hydrogen-bond donors (Lipinski definition) is 2. The summed E-state index contributed by atoms with van der Waals surface area (Å²) < 4.78 is 35.6. The van der Waals surface area contributed by atoms with Gasteiger partial charge in [0, 0.05) is 30.6 Å². The molecular weight excluding hydrogens is 487 g/mol. The number of nitrogens with one attached hydrogen (secondary N) is 2. The lowest BCUT2D eigenvalue weighted by atomic mass is 10.2. The fourth-order valence-corrected chi connectivity index (χ4v) is 3.06. The van der Waals surface area contributed by atoms with Crippen molar-refractivity contribution in [3.8, 4) is 11.5 Å². The highest BCUT2D eigenvalue weighted by Gasteiger charge is 2.15. The van der Waals surface area contributed by atoms with E-state index < -0.39 is 6.61 Å². The van der Waals surface area contributed by atoms with E-state index in [0.717, 1.165) is 13.0 Å². The zero-order chi connectivity index (χ0) is 18.8. The molecule has 9 heteroatoms. The van der Waals surface area contributed by atoms with Gasteiger partial charge in [0.2, 0.25) is 0 Å². The predicted molar refractivity (Wildman–Crippen MR) is 116 cm³/mol. The molecule has 1 aromatic carbocycles. The lowest BCUT2D eigenvalue weighted by Gasteiger charge is -2.17. The number of alkyl halides is 2. The first-order valence-corrected chi connectivity index (χ1v) is 9.18. The number of thiophene rings is 1. The molecule has 2 aromatic rings. The van der Waals surface area contributed by atoms with Crippen molar-refractivity contribution in [2.75, 3.05) is 20.2 Å². The van der Waals surface area contributed by atoms with Crippen LogP contribution in [0, 0.1) is 0 Å². The first-order valence-electron chi connectivity index (χ1n) is 8.30. The molecule has 0 fully saturated rings. The number of ether oxygens (including phenoxy) is 2. The lowest BCUT2D eigenvalue weighted by Crippen LogP contribution is -2.37. The number of nitrogens with zero attached hydrogens (tertiary/aromatic N) is 1. The molecule has 0 unspecified atom stereocenters. The Balaban J connectivity index is 0.00000364. The molecule has 5 nitrogen and oxygen atoms in total. The fourth-order valence-electron chi connectivity index (χ4n) is 2.35. The monoisotopic (exact) mass is 511 g/mol. The van der Waals surface area contributed by atoms with Crippen LogP contribution in [0.2, 0.25) is 0 Å². The van der Waals surface area contributed by atoms with Crippen molar-refractivity contribution in [2.24, 2.45) is 4.99 Å². The molecule has 2 N–H and O–H groups in total. The van der Waals surface area contributed by atoms with Crippen LogP contribution >= 0.6 is 35.3 Å². The molecule has 0 aliphatic heterocycles. The summed E-state index contributed by atoms with van der Waals surface area (Å²) in [4.78, 5) is 5.43. The molecular formula is C18H24F2IN3O2S. The van der Waals surface area contributed by atoms with Gasteiger partial charge in [0.05, 0.1) is 6.61 Å². The van der Waals surface area contributed by atoms with E-state index in [9.17, 15) is 8.78 Å². The van der Waals surface area contributed by atoms with E-state index in [2.05, 4.69) is 26.4 Å². The second-order valence-corrected chi connectivity index (χ2v) is 6.27. The minimum atomic E-state index is -2.92. The topological polar surface area (TPSA) is 54.9 Å². The van der Waals surface area contributed by atoms with Crippen molar-refractivity contribution in [1.82, 2.24) is 10.6 Å². The molecule has 0 saturated heterocycles. The highest BCUT2D eigenvalue weighted by molar-refractivity contribution is 14.0. The molecule has 150 valence electrons. The Bertz CT molecular complexity index is 700. The Kier molecular flexibility index (Phi) is 11.0. The number of rotatable bonds is 9. The molecule has 0 atom stereocenters. The fraction of sp³-hybridized carbons (Fsp3) is 0.389. The standard InChI is InChI=1S/C18H23F2N3O2S.HI/c1-3-24-15-8-4-6-13(16(15)25-17(19)20)12-23-18(21-2)22-10-9-14-7-5-11-26-14;/h4-8,11,17H,3,9-10,12H2,1-2H3,(H2,21,22,23);1H. The molecule has 2 rings (SSSR count). The van der Waals surface area contributed by atoms with Crippen molar-refractivity contribution < 1.29 is 18.3 Å². The second-order valence-electron chi connectivity index (χ2n) is 5.24. The normalized spacial score (nSPS) is 11.1. The van der Waals surface area contributed by atoms with Gasteiger partial charge in [0.25, 0.3) is 0 Å². The van der Waals surface area contributed by atoms with Gasteiger partial charge in [0.1, 0.15) is 0 Å². The first-order chi connectivity index (χ1) is 12.6. The van der Waals surface area contributed by atoms with Crippen molar-refractivity contribution in [1.29, 1.82) is 0 Å². The van der Waals surface area contributed by atoms with Gasteiger partial charge in [-0.15, -0.1) is 35.3 Å². The van der Waals surface area contributed by atoms with Gasteiger partial charge < -0.3 is 20.1 Å². The molecule has 0 bridgehead atoms. The summed E-state index contributed by atoms with van der Waals surface area (Å²) in [6.07, 6.45) is 0.887. The van der Waals surface area contributed by atoms with E-state index in [-0.39, 0.29) is 36.3 Å². The minimum Gasteiger partial charge on any atom is -0.490 e. The Morgan fingerprint density at radius 1 is 1.22 bits per heavy atom. The second kappa shape index (κ2) is 12.7. The van der Waals surface area contributed by atoms with Gasteiger partial charge in [-0.2, -0.15) is 8.78 Å². The maximum atomic E-state index is 12.8. The number of hydrogen-bond acceptors (Lipinski definition) is 4. The van der Waals surface area contributed by atoms with E-state index in [4.69, 9.17) is 4.74 Å². The Morgan fingerprint density at radius 2 is 2.04 bits per heavy atom. The van der Waals surface area contributed by atoms with E-state index in [1.54, 1.807) is 43.5 Å². The largest absolute Gasteiger partial charge is 0.490 e. The first kappa shape index (κ1) is 23.4. The third-order valence-electron chi connectivity index (χ3n) is 3.48. The maximum absolute atomic E-state index is 12.8. The molecule has 0 amide bonds. The van der Waals surface area contributed by atoms with Crippen LogP contribution in [0.4, 0.5) is 8.78 Å². The minimum absolute atomic E-state index is 0. The molecule has 0 saturated carbocycles. The Morgan fingerprint density at radius 3 is 2.67 bits per heavy atom. The molecule has 27 heavy (non-hydrogen) atoms. The highest BCUT2D eigenvalue weighted by Crippen LogP contribution is 2.32. The van der Waals surface area contributed by atoms with Gasteiger partial charge in [-0.1, -0.05) is 18.2 Å². The van der Waals surface area contributed by atoms with Crippen molar-refractivity contribution in [3.63, 3.8) is 0 Å². The average molecular weight is 511 g/mol. The molecule has 0 spiro atoms. The van der Waals surface area contributed by atoms with Crippen LogP contribution in [0.25, 0.3) is 0 Å². The molecule has 0 aliphatic rings. The zero-order valence-corrected chi connectivity index (χ0v) is 18.4. The zero-order valence-electron chi connectivity index (χ0n) is 15.2. The van der Waals surface area contributed by atoms with Gasteiger partial charge in [-0.05, 0) is 30.9 Å². The van der Waals surface area contributed by atoms with Gasteiger partial charge in [0.15, 0.2) is 17.5 Å². The third-order valence-corrected chi connectivity index (χ3v) is 4.42. The van der Waals surface area contributed by atoms with Crippen molar-refractivity contribution >= 4 is 41.3 Å². The molecule has 1 heterocycles. The lowest BCUT2D eigenvalue weighted by molar-refractivity contribution is -0.0520. The van der Waals surface area contributed by atoms with E-state index in [1.807, 2.05) is 11.4 Å². The third kappa shape index (κ3) is 7.87. The van der Waals surface area contributed by atoms with Gasteiger partial charge in [-0.3, -0.25) is 4.99 Å². The summed E-state index contributed by atoms with van der Waals surface area (Å²) >= 11 is 1.70. The Hall–Kier alpha value is -1.62. The summed E-state index contributed by atoms with van der Waals surface area (Å²) in [6, 6.07) is 9.16. The maximum Gasteiger partial charge on any atom is 0.387 e. The van der Waals surface area contributed by atoms with E-state index >= 15 is 0 Å². The van der Waals surface area contributed by atoms with Crippen LogP contribution in [0.1, 0.15) is 17.4 Å². The smallest absolute Gasteiger partial charge is 0.387 e. The van der Waals surface area contributed by atoms with E-state index in [0.29, 0.717) is 23.9 Å². The van der Waals surface area contributed by atoms with Crippen LogP contribution in [0.3, 0.4) is 0 Å². The number of guanidine groups is 1. The summed E-state index contributed by atoms with van der Waals surface area (Å²) in [5.41, 5.74) is 0.567. The van der Waals surface area contributed by atoms with Crippen LogP contribution in [0.5, 0.6) is 11.5 Å². The quantitative estimate of drug-likeness (QED) is 0.300. The summed E-state index contributed by atoms with van der Waals surface area (Å²) in [5, 5.41) is 8.35. The molecule has 0 aliphatic carbocycles. The Labute approximate surface area is 179 Å². The number of halogens is 3. The van der Waals surface area contributed by atoms with Crippen molar-refractivity contribution in [3.05, 3.63) is 46.2 Å². The van der Waals surface area contributed by atoms with Gasteiger partial charge in [-0.25, -0.2) is 0 Å². The van der Waals surface area contributed by atoms with Crippen molar-refractivity contribution in [2.45, 2.75) is 26.5 Å². The van der Waals surface area contributed by atoms with Crippen LogP contribution in [-0.4, -0.2) is 32.8 Å². The number of benzene rings is 1. The average Bonchev–Trinajstić information content (AvgIpc) is 3.13. The number of aliphatic imine (C=N–C) groups is 1. The summed E-state index contributed by atoms with van der Waals surface area (Å²) in [6.45, 7) is 0.235. The van der Waals surface area contributed by atoms with Crippen LogP contribution in [-0.2, 0) is 13.0 Å². The summed E-state index contributed by atoms with van der Waals surface area (Å²) in [5.74, 6) is 0.935. The van der Waals surface area contributed by atoms with Crippen LogP contribution < -0.4 is 20.1 Å².